The van der Waals surface area contributed by atoms with Gasteiger partial charge in [0.25, 0.3) is 0 Å². The molecule has 2 aromatic heterocycles. The van der Waals surface area contributed by atoms with Gasteiger partial charge in [0.15, 0.2) is 0 Å². The first-order chi connectivity index (χ1) is 9.08. The van der Waals surface area contributed by atoms with Crippen LogP contribution in [-0.2, 0) is 18.3 Å². The van der Waals surface area contributed by atoms with Gasteiger partial charge >= 0.3 is 0 Å². The Hall–Kier alpha value is -1.62. The van der Waals surface area contributed by atoms with Gasteiger partial charge < -0.3 is 9.88 Å². The summed E-state index contributed by atoms with van der Waals surface area (Å²) in [4.78, 5) is 17.5. The van der Waals surface area contributed by atoms with Crippen LogP contribution in [0.25, 0.3) is 0 Å². The van der Waals surface area contributed by atoms with E-state index in [1.54, 1.807) is 17.5 Å². The molecular formula is C14H19N3OS. The van der Waals surface area contributed by atoms with Gasteiger partial charge in [-0.1, -0.05) is 19.9 Å². The highest BCUT2D eigenvalue weighted by Crippen LogP contribution is 2.20. The van der Waals surface area contributed by atoms with E-state index in [2.05, 4.69) is 24.1 Å². The van der Waals surface area contributed by atoms with E-state index < -0.39 is 0 Å². The number of hydrogen-bond donors (Lipinski definition) is 1. The van der Waals surface area contributed by atoms with Gasteiger partial charge in [0, 0.05) is 24.3 Å². The molecule has 1 atom stereocenters. The molecule has 1 amide bonds. The number of imidazole rings is 1. The van der Waals surface area contributed by atoms with Gasteiger partial charge in [-0.3, -0.25) is 4.79 Å². The zero-order valence-corrected chi connectivity index (χ0v) is 12.3. The minimum absolute atomic E-state index is 0.0455. The third-order valence-corrected chi connectivity index (χ3v) is 3.91. The zero-order chi connectivity index (χ0) is 13.8. The van der Waals surface area contributed by atoms with Crippen LogP contribution < -0.4 is 5.32 Å². The van der Waals surface area contributed by atoms with Crippen LogP contribution in [0.15, 0.2) is 29.9 Å². The van der Waals surface area contributed by atoms with Gasteiger partial charge in [-0.25, -0.2) is 4.98 Å². The van der Waals surface area contributed by atoms with Gasteiger partial charge in [-0.05, 0) is 17.4 Å². The number of aryl methyl sites for hydroxylation is 1. The second-order valence-electron chi connectivity index (χ2n) is 4.94. The fraction of sp³-hybridized carbons (Fsp3) is 0.429. The van der Waals surface area contributed by atoms with Crippen molar-refractivity contribution < 1.29 is 4.79 Å². The van der Waals surface area contributed by atoms with E-state index in [0.717, 1.165) is 10.7 Å². The van der Waals surface area contributed by atoms with Crippen LogP contribution >= 0.6 is 11.3 Å². The summed E-state index contributed by atoms with van der Waals surface area (Å²) in [6.45, 7) is 4.18. The van der Waals surface area contributed by atoms with E-state index in [1.807, 2.05) is 35.3 Å². The van der Waals surface area contributed by atoms with E-state index in [9.17, 15) is 4.79 Å². The Balaban J connectivity index is 2.05. The molecule has 19 heavy (non-hydrogen) atoms. The van der Waals surface area contributed by atoms with Crippen LogP contribution in [0.3, 0.4) is 0 Å². The lowest BCUT2D eigenvalue weighted by molar-refractivity contribution is -0.121. The molecule has 0 aliphatic heterocycles. The number of amides is 1. The molecule has 5 heteroatoms. The number of hydrogen-bond acceptors (Lipinski definition) is 3. The van der Waals surface area contributed by atoms with Crippen LogP contribution in [0.5, 0.6) is 0 Å². The van der Waals surface area contributed by atoms with Crippen molar-refractivity contribution in [3.63, 3.8) is 0 Å². The monoisotopic (exact) mass is 277 g/mol. The molecule has 0 bridgehead atoms. The van der Waals surface area contributed by atoms with Crippen LogP contribution in [0.1, 0.15) is 30.6 Å². The number of carbonyl (C=O) groups excluding carboxylic acids is 1. The molecule has 0 saturated carbocycles. The standard InChI is InChI=1S/C14H19N3OS/c1-10(2)13(14-15-6-7-17(14)3)16-12(18)9-11-5-4-8-19-11/h4-8,10,13H,9H2,1-3H3,(H,16,18). The highest BCUT2D eigenvalue weighted by molar-refractivity contribution is 7.10. The first-order valence-electron chi connectivity index (χ1n) is 6.37. The maximum absolute atomic E-state index is 12.1. The summed E-state index contributed by atoms with van der Waals surface area (Å²) in [7, 11) is 1.95. The molecule has 2 heterocycles. The van der Waals surface area contributed by atoms with Crippen LogP contribution in [0.2, 0.25) is 0 Å². The normalized spacial score (nSPS) is 12.6. The topological polar surface area (TPSA) is 46.9 Å². The number of nitrogens with zero attached hydrogens (tertiary/aromatic N) is 2. The fourth-order valence-electron chi connectivity index (χ4n) is 2.00. The first-order valence-corrected chi connectivity index (χ1v) is 7.25. The van der Waals surface area contributed by atoms with E-state index in [-0.39, 0.29) is 11.9 Å². The Morgan fingerprint density at radius 2 is 2.32 bits per heavy atom. The maximum atomic E-state index is 12.1. The summed E-state index contributed by atoms with van der Waals surface area (Å²) < 4.78 is 1.95. The van der Waals surface area contributed by atoms with Crippen LogP contribution in [-0.4, -0.2) is 15.5 Å². The molecule has 0 saturated heterocycles. The van der Waals surface area contributed by atoms with Gasteiger partial charge in [-0.2, -0.15) is 0 Å². The Morgan fingerprint density at radius 1 is 1.53 bits per heavy atom. The predicted octanol–water partition coefficient (Wildman–Crippen LogP) is 2.54. The maximum Gasteiger partial charge on any atom is 0.225 e. The molecule has 0 aliphatic carbocycles. The van der Waals surface area contributed by atoms with Crippen molar-refractivity contribution in [3.05, 3.63) is 40.6 Å². The van der Waals surface area contributed by atoms with Crippen molar-refractivity contribution in [1.82, 2.24) is 14.9 Å². The lowest BCUT2D eigenvalue weighted by Crippen LogP contribution is -2.34. The van der Waals surface area contributed by atoms with Crippen LogP contribution in [0, 0.1) is 5.92 Å². The van der Waals surface area contributed by atoms with Crippen molar-refractivity contribution in [3.8, 4) is 0 Å². The Kier molecular flexibility index (Phi) is 4.37. The third-order valence-electron chi connectivity index (χ3n) is 3.03. The van der Waals surface area contributed by atoms with E-state index in [4.69, 9.17) is 0 Å². The van der Waals surface area contributed by atoms with Gasteiger partial charge in [0.05, 0.1) is 12.5 Å². The highest BCUT2D eigenvalue weighted by Gasteiger charge is 2.21. The molecule has 0 fully saturated rings. The predicted molar refractivity (Wildman–Crippen MR) is 77.0 cm³/mol. The molecule has 1 unspecified atom stereocenters. The summed E-state index contributed by atoms with van der Waals surface area (Å²) in [5.74, 6) is 1.24. The molecule has 4 nitrogen and oxygen atoms in total. The minimum Gasteiger partial charge on any atom is -0.346 e. The summed E-state index contributed by atoms with van der Waals surface area (Å²) in [5, 5.41) is 5.07. The summed E-state index contributed by atoms with van der Waals surface area (Å²) in [5.41, 5.74) is 0. The quantitative estimate of drug-likeness (QED) is 0.913. The van der Waals surface area contributed by atoms with Gasteiger partial charge in [0.2, 0.25) is 5.91 Å². The van der Waals surface area contributed by atoms with E-state index in [0.29, 0.717) is 12.3 Å². The Morgan fingerprint density at radius 3 is 2.84 bits per heavy atom. The second kappa shape index (κ2) is 6.02. The smallest absolute Gasteiger partial charge is 0.225 e. The number of aromatic nitrogens is 2. The number of rotatable bonds is 5. The highest BCUT2D eigenvalue weighted by atomic mass is 32.1. The van der Waals surface area contributed by atoms with Crippen molar-refractivity contribution in [2.45, 2.75) is 26.3 Å². The molecule has 0 radical (unpaired) electrons. The minimum atomic E-state index is -0.0486. The number of carbonyl (C=O) groups is 1. The fourth-order valence-corrected chi connectivity index (χ4v) is 2.71. The van der Waals surface area contributed by atoms with E-state index in [1.165, 1.54) is 0 Å². The second-order valence-corrected chi connectivity index (χ2v) is 5.97. The molecular weight excluding hydrogens is 258 g/mol. The Labute approximate surface area is 117 Å². The first kappa shape index (κ1) is 13.8. The van der Waals surface area contributed by atoms with Crippen molar-refractivity contribution >= 4 is 17.2 Å². The van der Waals surface area contributed by atoms with E-state index >= 15 is 0 Å². The summed E-state index contributed by atoms with van der Waals surface area (Å²) in [6.07, 6.45) is 4.09. The lowest BCUT2D eigenvalue weighted by Gasteiger charge is -2.22. The summed E-state index contributed by atoms with van der Waals surface area (Å²) in [6, 6.07) is 3.90. The van der Waals surface area contributed by atoms with Crippen molar-refractivity contribution in [2.24, 2.45) is 13.0 Å². The molecule has 0 spiro atoms. The molecule has 0 aliphatic rings. The zero-order valence-electron chi connectivity index (χ0n) is 11.5. The largest absolute Gasteiger partial charge is 0.346 e. The number of thiophene rings is 1. The molecule has 2 rings (SSSR count). The average molecular weight is 277 g/mol. The summed E-state index contributed by atoms with van der Waals surface area (Å²) >= 11 is 1.61. The number of nitrogens with one attached hydrogen (secondary N) is 1. The van der Waals surface area contributed by atoms with Crippen molar-refractivity contribution in [1.29, 1.82) is 0 Å². The molecule has 2 aromatic rings. The molecule has 102 valence electrons. The van der Waals surface area contributed by atoms with Crippen LogP contribution in [0.4, 0.5) is 0 Å². The van der Waals surface area contributed by atoms with Gasteiger partial charge in [0.1, 0.15) is 5.82 Å². The third kappa shape index (κ3) is 3.44. The average Bonchev–Trinajstić information content (AvgIpc) is 2.97. The van der Waals surface area contributed by atoms with Gasteiger partial charge in [-0.15, -0.1) is 11.3 Å². The molecule has 1 N–H and O–H groups in total. The van der Waals surface area contributed by atoms with Crippen molar-refractivity contribution in [2.75, 3.05) is 0 Å². The molecule has 0 aromatic carbocycles. The lowest BCUT2D eigenvalue weighted by atomic mass is 10.0. The Bertz CT molecular complexity index is 531. The SMILES string of the molecule is CC(C)C(NC(=O)Cc1cccs1)c1nccn1C.